The van der Waals surface area contributed by atoms with Gasteiger partial charge < -0.3 is 28.7 Å². The molecule has 0 radical (unpaired) electrons. The largest absolute Gasteiger partial charge is 0.497 e. The second-order valence-electron chi connectivity index (χ2n) is 16.1. The summed E-state index contributed by atoms with van der Waals surface area (Å²) in [4.78, 5) is 4.84. The lowest BCUT2D eigenvalue weighted by Gasteiger charge is -2.39. The molecular weight excluding hydrogens is 693 g/mol. The number of hydrogen-bond acceptors (Lipinski definition) is 6. The molecule has 6 heteroatoms. The average molecular weight is 741 g/mol. The molecule has 0 N–H and O–H groups in total. The third-order valence-electron chi connectivity index (χ3n) is 12.6. The first kappa shape index (κ1) is 34.9. The molecule has 3 heterocycles. The Balaban J connectivity index is 1.18. The standard InChI is InChI=1S/C50H48N2O4/c1-33-5-7-34(8-6-33)35-9-19-42-45(31-35)49(2,3)47-43-21-22-50(37-12-17-40(53-4)18-13-37,36-10-14-38(15-11-36)51-23-27-54-28-24-51)56-48(43)44-32-39(16-20-41(44)46(42)47)52-25-29-55-30-26-52/h5-22,31-32H,23-30H2,1-4H3. The molecule has 0 saturated carbocycles. The van der Waals surface area contributed by atoms with Crippen LogP contribution in [0.5, 0.6) is 11.5 Å². The second-order valence-corrected chi connectivity index (χ2v) is 16.1. The van der Waals surface area contributed by atoms with Crippen molar-refractivity contribution >= 4 is 28.2 Å². The van der Waals surface area contributed by atoms with Crippen molar-refractivity contribution in [2.45, 2.75) is 31.8 Å². The van der Waals surface area contributed by atoms with Crippen molar-refractivity contribution in [3.63, 3.8) is 0 Å². The number of hydrogen-bond donors (Lipinski definition) is 0. The topological polar surface area (TPSA) is 43.4 Å². The van der Waals surface area contributed by atoms with Gasteiger partial charge in [-0.25, -0.2) is 0 Å². The summed E-state index contributed by atoms with van der Waals surface area (Å²) in [5.41, 5.74) is 13.5. The van der Waals surface area contributed by atoms with Crippen molar-refractivity contribution in [3.8, 4) is 33.8 Å². The molecule has 1 atom stereocenters. The van der Waals surface area contributed by atoms with Crippen LogP contribution in [0, 0.1) is 6.92 Å². The minimum absolute atomic E-state index is 0.278. The number of nitrogens with zero attached hydrogens (tertiary/aromatic N) is 2. The van der Waals surface area contributed by atoms with E-state index in [1.165, 1.54) is 55.7 Å². The van der Waals surface area contributed by atoms with Crippen LogP contribution in [0.1, 0.15) is 47.2 Å². The van der Waals surface area contributed by atoms with E-state index < -0.39 is 5.60 Å². The molecule has 1 aliphatic carbocycles. The van der Waals surface area contributed by atoms with Crippen molar-refractivity contribution in [1.29, 1.82) is 0 Å². The van der Waals surface area contributed by atoms with Gasteiger partial charge in [0.1, 0.15) is 11.5 Å². The second kappa shape index (κ2) is 13.6. The van der Waals surface area contributed by atoms with Crippen molar-refractivity contribution < 1.29 is 18.9 Å². The van der Waals surface area contributed by atoms with Crippen LogP contribution >= 0.6 is 0 Å². The lowest BCUT2D eigenvalue weighted by Crippen LogP contribution is -2.37. The third kappa shape index (κ3) is 5.61. The zero-order valence-corrected chi connectivity index (χ0v) is 32.7. The Morgan fingerprint density at radius 1 is 0.625 bits per heavy atom. The van der Waals surface area contributed by atoms with E-state index in [1.54, 1.807) is 7.11 Å². The van der Waals surface area contributed by atoms with Gasteiger partial charge in [-0.1, -0.05) is 92.2 Å². The van der Waals surface area contributed by atoms with Crippen LogP contribution in [0.2, 0.25) is 0 Å². The highest BCUT2D eigenvalue weighted by Crippen LogP contribution is 2.59. The molecule has 0 spiro atoms. The SMILES string of the molecule is COc1ccc(C2(c3ccc(N4CCOCC4)cc3)C=Cc3c4c(c5ccc(N6CCOCC6)cc5c3O2)-c2ccc(-c3ccc(C)cc3)cc2C4(C)C)cc1. The molecule has 2 fully saturated rings. The van der Waals surface area contributed by atoms with E-state index in [9.17, 15) is 0 Å². The first-order chi connectivity index (χ1) is 27.3. The van der Waals surface area contributed by atoms with Crippen molar-refractivity contribution in [1.82, 2.24) is 0 Å². The zero-order chi connectivity index (χ0) is 38.0. The minimum atomic E-state index is -0.882. The average Bonchev–Trinajstić information content (AvgIpc) is 3.50. The van der Waals surface area contributed by atoms with Gasteiger partial charge in [0.15, 0.2) is 5.60 Å². The molecule has 56 heavy (non-hydrogen) atoms. The highest BCUT2D eigenvalue weighted by Gasteiger charge is 2.44. The summed E-state index contributed by atoms with van der Waals surface area (Å²) in [7, 11) is 1.71. The molecule has 1 unspecified atom stereocenters. The third-order valence-corrected chi connectivity index (χ3v) is 12.6. The first-order valence-electron chi connectivity index (χ1n) is 20.0. The summed E-state index contributed by atoms with van der Waals surface area (Å²) in [6.07, 6.45) is 4.64. The summed E-state index contributed by atoms with van der Waals surface area (Å²) in [6, 6.07) is 40.3. The van der Waals surface area contributed by atoms with Gasteiger partial charge in [-0.15, -0.1) is 0 Å². The predicted molar refractivity (Wildman–Crippen MR) is 228 cm³/mol. The van der Waals surface area contributed by atoms with Crippen LogP contribution < -0.4 is 19.3 Å². The number of aryl methyl sites for hydroxylation is 1. The number of ether oxygens (including phenoxy) is 4. The Morgan fingerprint density at radius 2 is 1.23 bits per heavy atom. The van der Waals surface area contributed by atoms with Crippen LogP contribution in [-0.4, -0.2) is 59.7 Å². The maximum atomic E-state index is 7.72. The molecule has 4 aliphatic rings. The minimum Gasteiger partial charge on any atom is -0.497 e. The fourth-order valence-electron chi connectivity index (χ4n) is 9.47. The maximum Gasteiger partial charge on any atom is 0.178 e. The lowest BCUT2D eigenvalue weighted by molar-refractivity contribution is 0.122. The van der Waals surface area contributed by atoms with E-state index in [0.29, 0.717) is 0 Å². The van der Waals surface area contributed by atoms with Gasteiger partial charge in [0.2, 0.25) is 0 Å². The molecule has 3 aliphatic heterocycles. The van der Waals surface area contributed by atoms with Crippen molar-refractivity contribution in [2.24, 2.45) is 0 Å². The summed E-state index contributed by atoms with van der Waals surface area (Å²) in [6.45, 7) is 13.4. The van der Waals surface area contributed by atoms with Crippen molar-refractivity contribution in [2.75, 3.05) is 69.5 Å². The quantitative estimate of drug-likeness (QED) is 0.169. The fraction of sp³-hybridized carbons (Fsp3) is 0.280. The van der Waals surface area contributed by atoms with Crippen LogP contribution in [-0.2, 0) is 20.5 Å². The number of fused-ring (bicyclic) bond motifs is 8. The number of morpholine rings is 2. The van der Waals surface area contributed by atoms with Gasteiger partial charge in [0.25, 0.3) is 0 Å². The lowest BCUT2D eigenvalue weighted by atomic mass is 9.76. The molecule has 0 bridgehead atoms. The van der Waals surface area contributed by atoms with E-state index in [1.807, 2.05) is 12.1 Å². The van der Waals surface area contributed by atoms with Gasteiger partial charge in [0.05, 0.1) is 33.5 Å². The zero-order valence-electron chi connectivity index (χ0n) is 32.7. The number of rotatable bonds is 6. The summed E-state index contributed by atoms with van der Waals surface area (Å²) >= 11 is 0. The molecule has 6 aromatic carbocycles. The normalized spacial score (nSPS) is 19.6. The molecule has 282 valence electrons. The Bertz CT molecular complexity index is 2470. The molecule has 6 nitrogen and oxygen atoms in total. The van der Waals surface area contributed by atoms with E-state index >= 15 is 0 Å². The number of benzene rings is 6. The molecular formula is C50H48N2O4. The van der Waals surface area contributed by atoms with E-state index in [0.717, 1.165) is 86.2 Å². The smallest absolute Gasteiger partial charge is 0.178 e. The van der Waals surface area contributed by atoms with E-state index in [2.05, 4.69) is 140 Å². The number of anilines is 2. The van der Waals surface area contributed by atoms with Gasteiger partial charge in [0, 0.05) is 65.0 Å². The van der Waals surface area contributed by atoms with Gasteiger partial charge in [-0.2, -0.15) is 0 Å². The van der Waals surface area contributed by atoms with Gasteiger partial charge in [-0.3, -0.25) is 0 Å². The van der Waals surface area contributed by atoms with Crippen LogP contribution in [0.15, 0.2) is 115 Å². The summed E-state index contributed by atoms with van der Waals surface area (Å²) < 4.78 is 24.8. The van der Waals surface area contributed by atoms with Gasteiger partial charge >= 0.3 is 0 Å². The Hall–Kier alpha value is -5.56. The Morgan fingerprint density at radius 3 is 1.89 bits per heavy atom. The Labute approximate surface area is 329 Å². The monoisotopic (exact) mass is 740 g/mol. The number of methoxy groups -OCH3 is 1. The van der Waals surface area contributed by atoms with Crippen molar-refractivity contribution in [3.05, 3.63) is 149 Å². The highest BCUT2D eigenvalue weighted by molar-refractivity contribution is 6.09. The Kier molecular flexibility index (Phi) is 8.46. The summed E-state index contributed by atoms with van der Waals surface area (Å²) in [5, 5.41) is 2.34. The maximum absolute atomic E-state index is 7.72. The van der Waals surface area contributed by atoms with Crippen LogP contribution in [0.4, 0.5) is 11.4 Å². The first-order valence-corrected chi connectivity index (χ1v) is 20.0. The van der Waals surface area contributed by atoms with E-state index in [-0.39, 0.29) is 5.41 Å². The van der Waals surface area contributed by atoms with E-state index in [4.69, 9.17) is 18.9 Å². The molecule has 10 rings (SSSR count). The molecule has 6 aromatic rings. The summed E-state index contributed by atoms with van der Waals surface area (Å²) in [5.74, 6) is 1.73. The molecule has 0 aromatic heterocycles. The highest BCUT2D eigenvalue weighted by atomic mass is 16.5. The predicted octanol–water partition coefficient (Wildman–Crippen LogP) is 10.2. The molecule has 2 saturated heterocycles. The fourth-order valence-corrected chi connectivity index (χ4v) is 9.47. The van der Waals surface area contributed by atoms with Gasteiger partial charge in [-0.05, 0) is 94.2 Å². The van der Waals surface area contributed by atoms with Crippen LogP contribution in [0.25, 0.3) is 39.1 Å². The molecule has 0 amide bonds. The van der Waals surface area contributed by atoms with Crippen LogP contribution in [0.3, 0.4) is 0 Å².